The largest absolute Gasteiger partial charge is 0.435 e. The molecule has 0 aliphatic heterocycles. The van der Waals surface area contributed by atoms with Gasteiger partial charge in [0.15, 0.2) is 5.69 Å². The Morgan fingerprint density at radius 1 is 1.11 bits per heavy atom. The Hall–Kier alpha value is -3.25. The quantitative estimate of drug-likeness (QED) is 0.374. The first-order chi connectivity index (χ1) is 13.1. The molecular formula is C16H11F3N4O4S. The van der Waals surface area contributed by atoms with Gasteiger partial charge in [0.2, 0.25) is 0 Å². The van der Waals surface area contributed by atoms with E-state index in [1.807, 2.05) is 0 Å². The highest BCUT2D eigenvalue weighted by Gasteiger charge is 2.35. The van der Waals surface area contributed by atoms with Crippen molar-refractivity contribution in [1.82, 2.24) is 9.78 Å². The molecule has 0 spiro atoms. The maximum atomic E-state index is 13.2. The molecule has 0 aliphatic carbocycles. The van der Waals surface area contributed by atoms with E-state index in [0.29, 0.717) is 5.56 Å². The number of nitro groups is 1. The molecule has 2 aromatic carbocycles. The third-order valence-corrected chi connectivity index (χ3v) is 4.10. The SMILES string of the molecule is O=[N+]([O-])c1ccc(-c2cc(C(F)(F)F)nn2-c2ccc(NS(=O)O)cc2)cc1. The fraction of sp³-hybridized carbons (Fsp3) is 0.0625. The highest BCUT2D eigenvalue weighted by atomic mass is 32.2. The average Bonchev–Trinajstić information content (AvgIpc) is 3.07. The van der Waals surface area contributed by atoms with Crippen molar-refractivity contribution in [2.24, 2.45) is 0 Å². The molecule has 0 saturated carbocycles. The van der Waals surface area contributed by atoms with Crippen LogP contribution in [0.1, 0.15) is 5.69 Å². The van der Waals surface area contributed by atoms with Gasteiger partial charge >= 0.3 is 6.18 Å². The van der Waals surface area contributed by atoms with Gasteiger partial charge in [0.1, 0.15) is 0 Å². The summed E-state index contributed by atoms with van der Waals surface area (Å²) in [5, 5.41) is 14.4. The average molecular weight is 412 g/mol. The molecule has 1 unspecified atom stereocenters. The molecule has 1 heterocycles. The Kier molecular flexibility index (Phi) is 5.16. The number of nitrogens with one attached hydrogen (secondary N) is 1. The number of alkyl halides is 3. The van der Waals surface area contributed by atoms with Crippen molar-refractivity contribution in [3.05, 3.63) is 70.4 Å². The molecular weight excluding hydrogens is 401 g/mol. The van der Waals surface area contributed by atoms with E-state index in [1.54, 1.807) is 0 Å². The maximum absolute atomic E-state index is 13.2. The fourth-order valence-corrected chi connectivity index (χ4v) is 2.79. The summed E-state index contributed by atoms with van der Waals surface area (Å²) in [7, 11) is 0. The van der Waals surface area contributed by atoms with Gasteiger partial charge in [-0.2, -0.15) is 18.3 Å². The van der Waals surface area contributed by atoms with E-state index in [2.05, 4.69) is 9.82 Å². The zero-order valence-electron chi connectivity index (χ0n) is 13.8. The lowest BCUT2D eigenvalue weighted by atomic mass is 10.1. The number of hydrogen-bond acceptors (Lipinski definition) is 4. The molecule has 1 aromatic heterocycles. The zero-order valence-corrected chi connectivity index (χ0v) is 14.6. The first-order valence-corrected chi connectivity index (χ1v) is 8.66. The normalized spacial score (nSPS) is 12.6. The minimum Gasteiger partial charge on any atom is -0.289 e. The van der Waals surface area contributed by atoms with Crippen LogP contribution in [0.4, 0.5) is 24.5 Å². The van der Waals surface area contributed by atoms with Crippen LogP contribution in [0.5, 0.6) is 0 Å². The molecule has 0 amide bonds. The minimum absolute atomic E-state index is 0.0775. The summed E-state index contributed by atoms with van der Waals surface area (Å²) in [6, 6.07) is 11.5. The van der Waals surface area contributed by atoms with E-state index in [1.165, 1.54) is 48.5 Å². The molecule has 3 aromatic rings. The number of non-ortho nitro benzene ring substituents is 1. The zero-order chi connectivity index (χ0) is 20.5. The van der Waals surface area contributed by atoms with Gasteiger partial charge in [0, 0.05) is 23.4 Å². The van der Waals surface area contributed by atoms with Crippen LogP contribution in [0.25, 0.3) is 16.9 Å². The number of rotatable bonds is 5. The van der Waals surface area contributed by atoms with E-state index in [4.69, 9.17) is 4.55 Å². The number of nitro benzene ring substituents is 1. The maximum Gasteiger partial charge on any atom is 0.435 e. The lowest BCUT2D eigenvalue weighted by Gasteiger charge is -2.09. The minimum atomic E-state index is -4.68. The van der Waals surface area contributed by atoms with Crippen molar-refractivity contribution in [3.63, 3.8) is 0 Å². The smallest absolute Gasteiger partial charge is 0.289 e. The first kappa shape index (κ1) is 19.5. The third-order valence-electron chi connectivity index (χ3n) is 3.69. The van der Waals surface area contributed by atoms with Crippen LogP contribution in [0.3, 0.4) is 0 Å². The summed E-state index contributed by atoms with van der Waals surface area (Å²) in [6.07, 6.45) is -4.68. The molecule has 3 rings (SSSR count). The molecule has 8 nitrogen and oxygen atoms in total. The van der Waals surface area contributed by atoms with Gasteiger partial charge < -0.3 is 0 Å². The van der Waals surface area contributed by atoms with Gasteiger partial charge in [-0.1, -0.05) is 0 Å². The van der Waals surface area contributed by atoms with E-state index < -0.39 is 28.1 Å². The summed E-state index contributed by atoms with van der Waals surface area (Å²) in [5.74, 6) is 0. The molecule has 0 fully saturated rings. The van der Waals surface area contributed by atoms with Crippen LogP contribution in [-0.4, -0.2) is 23.5 Å². The van der Waals surface area contributed by atoms with Crippen molar-refractivity contribution in [2.45, 2.75) is 6.18 Å². The lowest BCUT2D eigenvalue weighted by molar-refractivity contribution is -0.384. The van der Waals surface area contributed by atoms with E-state index in [9.17, 15) is 27.5 Å². The molecule has 0 radical (unpaired) electrons. The van der Waals surface area contributed by atoms with Crippen molar-refractivity contribution < 1.29 is 26.9 Å². The molecule has 2 N–H and O–H groups in total. The van der Waals surface area contributed by atoms with Crippen molar-refractivity contribution in [3.8, 4) is 16.9 Å². The number of benzene rings is 2. The monoisotopic (exact) mass is 412 g/mol. The summed E-state index contributed by atoms with van der Waals surface area (Å²) in [4.78, 5) is 10.2. The van der Waals surface area contributed by atoms with Crippen molar-refractivity contribution >= 4 is 22.6 Å². The Balaban J connectivity index is 2.08. The van der Waals surface area contributed by atoms with Gasteiger partial charge in [-0.25, -0.2) is 8.89 Å². The second kappa shape index (κ2) is 7.40. The molecule has 146 valence electrons. The molecule has 12 heteroatoms. The predicted molar refractivity (Wildman–Crippen MR) is 95.1 cm³/mol. The summed E-state index contributed by atoms with van der Waals surface area (Å²) in [6.45, 7) is 0. The molecule has 0 saturated heterocycles. The number of nitrogens with zero attached hydrogens (tertiary/aromatic N) is 3. The van der Waals surface area contributed by atoms with Crippen molar-refractivity contribution in [1.29, 1.82) is 0 Å². The Bertz CT molecular complexity index is 1030. The van der Waals surface area contributed by atoms with Crippen LogP contribution in [0, 0.1) is 10.1 Å². The van der Waals surface area contributed by atoms with Crippen LogP contribution < -0.4 is 4.72 Å². The lowest BCUT2D eigenvalue weighted by Crippen LogP contribution is -2.07. The molecule has 0 bridgehead atoms. The van der Waals surface area contributed by atoms with Gasteiger partial charge in [-0.3, -0.25) is 19.4 Å². The first-order valence-electron chi connectivity index (χ1n) is 7.55. The fourth-order valence-electron chi connectivity index (χ4n) is 2.45. The topological polar surface area (TPSA) is 110 Å². The number of anilines is 1. The van der Waals surface area contributed by atoms with E-state index in [-0.39, 0.29) is 22.8 Å². The number of aromatic nitrogens is 2. The molecule has 28 heavy (non-hydrogen) atoms. The van der Waals surface area contributed by atoms with Gasteiger partial charge in [0.05, 0.1) is 16.3 Å². The highest BCUT2D eigenvalue weighted by molar-refractivity contribution is 7.80. The van der Waals surface area contributed by atoms with Gasteiger partial charge in [0.25, 0.3) is 17.0 Å². The van der Waals surface area contributed by atoms with Crippen LogP contribution in [0.15, 0.2) is 54.6 Å². The van der Waals surface area contributed by atoms with Crippen LogP contribution >= 0.6 is 0 Å². The second-order valence-electron chi connectivity index (χ2n) is 5.53. The Morgan fingerprint density at radius 3 is 2.21 bits per heavy atom. The predicted octanol–water partition coefficient (Wildman–Crippen LogP) is 4.01. The Labute approximate surface area is 158 Å². The standard InChI is InChI=1S/C16H11F3N4O4S/c17-16(18,19)15-9-14(10-1-5-13(6-2-10)23(24)25)22(20-15)12-7-3-11(4-8-12)21-28(26)27/h1-9,21H,(H,26,27). The highest BCUT2D eigenvalue weighted by Crippen LogP contribution is 2.33. The number of hydrogen-bond donors (Lipinski definition) is 2. The summed E-state index contributed by atoms with van der Waals surface area (Å²) >= 11 is -2.29. The van der Waals surface area contributed by atoms with Crippen LogP contribution in [0.2, 0.25) is 0 Å². The van der Waals surface area contributed by atoms with Gasteiger partial charge in [-0.05, 0) is 42.5 Å². The van der Waals surface area contributed by atoms with Crippen LogP contribution in [-0.2, 0) is 17.4 Å². The number of halogens is 3. The Morgan fingerprint density at radius 2 is 1.71 bits per heavy atom. The molecule has 0 aliphatic rings. The van der Waals surface area contributed by atoms with Gasteiger partial charge in [-0.15, -0.1) is 0 Å². The van der Waals surface area contributed by atoms with E-state index >= 15 is 0 Å². The summed E-state index contributed by atoms with van der Waals surface area (Å²) < 4.78 is 62.3. The van der Waals surface area contributed by atoms with E-state index in [0.717, 1.165) is 10.7 Å². The molecule has 1 atom stereocenters. The van der Waals surface area contributed by atoms with Crippen molar-refractivity contribution in [2.75, 3.05) is 4.72 Å². The third kappa shape index (κ3) is 4.18. The summed E-state index contributed by atoms with van der Waals surface area (Å²) in [5.41, 5.74) is -0.401. The second-order valence-corrected chi connectivity index (χ2v) is 6.23.